The number of rotatable bonds is 6. The van der Waals surface area contributed by atoms with Gasteiger partial charge in [-0.2, -0.15) is 13.2 Å². The Labute approximate surface area is 199 Å². The first kappa shape index (κ1) is 25.8. The van der Waals surface area contributed by atoms with Gasteiger partial charge in [0.15, 0.2) is 0 Å². The average molecular weight is 473 g/mol. The Bertz CT molecular complexity index is 695. The molecule has 4 fully saturated rings. The van der Waals surface area contributed by atoms with Crippen molar-refractivity contribution in [1.82, 2.24) is 0 Å². The molecule has 4 aliphatic rings. The second-order valence-electron chi connectivity index (χ2n) is 13.1. The molecule has 0 heterocycles. The number of hydrogen-bond donors (Lipinski definition) is 2. The molecule has 0 aromatic heterocycles. The van der Waals surface area contributed by atoms with Gasteiger partial charge in [-0.15, -0.1) is 0 Å². The Hall–Kier alpha value is -0.290. The molecule has 192 valence electrons. The van der Waals surface area contributed by atoms with Gasteiger partial charge in [0, 0.05) is 0 Å². The van der Waals surface area contributed by atoms with E-state index in [-0.39, 0.29) is 6.42 Å². The van der Waals surface area contributed by atoms with Crippen LogP contribution < -0.4 is 0 Å². The molecule has 4 saturated carbocycles. The molecule has 0 spiro atoms. The number of aliphatic hydroxyl groups is 2. The van der Waals surface area contributed by atoms with Crippen molar-refractivity contribution in [2.45, 2.75) is 129 Å². The van der Waals surface area contributed by atoms with Gasteiger partial charge >= 0.3 is 6.18 Å². The summed E-state index contributed by atoms with van der Waals surface area (Å²) < 4.78 is 38.0. The lowest BCUT2D eigenvalue weighted by molar-refractivity contribution is -0.205. The SMILES string of the molecule is CC[C@]1(O)CC[C@@]2(C)[C@@H](CC[C@@H]3[C@@H]2CC[C@]2(C)[C@@H]([C@H](C)CCC[C@H](O)C(F)(F)F)CC[C@@H]32)C1. The first-order chi connectivity index (χ1) is 15.3. The van der Waals surface area contributed by atoms with Crippen LogP contribution in [0.2, 0.25) is 0 Å². The highest BCUT2D eigenvalue weighted by atomic mass is 19.4. The Morgan fingerprint density at radius 2 is 1.61 bits per heavy atom. The van der Waals surface area contributed by atoms with E-state index in [1.807, 2.05) is 0 Å². The van der Waals surface area contributed by atoms with Gasteiger partial charge in [0.05, 0.1) is 5.60 Å². The highest BCUT2D eigenvalue weighted by Gasteiger charge is 2.61. The van der Waals surface area contributed by atoms with Crippen LogP contribution in [-0.4, -0.2) is 28.1 Å². The first-order valence-electron chi connectivity index (χ1n) is 13.8. The zero-order valence-corrected chi connectivity index (χ0v) is 21.3. The fraction of sp³-hybridized carbons (Fsp3) is 1.00. The molecule has 33 heavy (non-hydrogen) atoms. The normalized spacial score (nSPS) is 47.4. The molecule has 0 bridgehead atoms. The summed E-state index contributed by atoms with van der Waals surface area (Å²) in [4.78, 5) is 0. The Morgan fingerprint density at radius 3 is 2.27 bits per heavy atom. The zero-order chi connectivity index (χ0) is 24.2. The molecule has 0 aromatic rings. The summed E-state index contributed by atoms with van der Waals surface area (Å²) in [5.74, 6) is 3.95. The van der Waals surface area contributed by atoms with E-state index < -0.39 is 17.9 Å². The Kier molecular flexibility index (Phi) is 7.02. The monoisotopic (exact) mass is 472 g/mol. The summed E-state index contributed by atoms with van der Waals surface area (Å²) in [5, 5.41) is 20.3. The lowest BCUT2D eigenvalue weighted by Crippen LogP contribution is -2.56. The molecule has 2 nitrogen and oxygen atoms in total. The van der Waals surface area contributed by atoms with Gasteiger partial charge in [-0.05, 0) is 117 Å². The van der Waals surface area contributed by atoms with Crippen LogP contribution >= 0.6 is 0 Å². The van der Waals surface area contributed by atoms with Crippen LogP contribution in [0.1, 0.15) is 111 Å². The number of alkyl halides is 3. The maximum absolute atomic E-state index is 12.7. The fourth-order valence-electron chi connectivity index (χ4n) is 9.62. The van der Waals surface area contributed by atoms with Gasteiger partial charge in [0.2, 0.25) is 0 Å². The molecule has 0 unspecified atom stereocenters. The van der Waals surface area contributed by atoms with E-state index in [4.69, 9.17) is 0 Å². The van der Waals surface area contributed by atoms with Crippen LogP contribution in [0, 0.1) is 46.3 Å². The van der Waals surface area contributed by atoms with Gasteiger partial charge in [0.25, 0.3) is 0 Å². The van der Waals surface area contributed by atoms with Gasteiger partial charge in [-0.25, -0.2) is 0 Å². The van der Waals surface area contributed by atoms with E-state index in [0.717, 1.165) is 49.9 Å². The van der Waals surface area contributed by atoms with Crippen molar-refractivity contribution in [3.63, 3.8) is 0 Å². The molecule has 4 rings (SSSR count). The van der Waals surface area contributed by atoms with Crippen molar-refractivity contribution in [3.05, 3.63) is 0 Å². The lowest BCUT2D eigenvalue weighted by Gasteiger charge is -2.62. The number of fused-ring (bicyclic) bond motifs is 5. The molecular weight excluding hydrogens is 425 g/mol. The van der Waals surface area contributed by atoms with E-state index in [0.29, 0.717) is 35.0 Å². The molecule has 0 saturated heterocycles. The van der Waals surface area contributed by atoms with E-state index in [1.165, 1.54) is 38.5 Å². The summed E-state index contributed by atoms with van der Waals surface area (Å²) in [6.45, 7) is 9.41. The van der Waals surface area contributed by atoms with E-state index >= 15 is 0 Å². The smallest absolute Gasteiger partial charge is 0.390 e. The van der Waals surface area contributed by atoms with Crippen LogP contribution in [0.3, 0.4) is 0 Å². The van der Waals surface area contributed by atoms with Crippen LogP contribution in [0.15, 0.2) is 0 Å². The molecule has 0 aromatic carbocycles. The Balaban J connectivity index is 1.41. The van der Waals surface area contributed by atoms with Crippen LogP contribution in [0.4, 0.5) is 13.2 Å². The van der Waals surface area contributed by atoms with Gasteiger partial charge in [-0.3, -0.25) is 0 Å². The van der Waals surface area contributed by atoms with Gasteiger partial charge in [0.1, 0.15) is 6.10 Å². The standard InChI is InChI=1S/C28H47F3O2/c1-5-27(33)16-15-25(3)19(17-27)9-10-20-22-12-11-21(26(22,4)14-13-23(20)25)18(2)7-6-8-24(32)28(29,30)31/h18-24,32-33H,5-17H2,1-4H3/t18-,19+,20+,21-,22+,23+,24+,25+,26-,27+/m1/s1. The van der Waals surface area contributed by atoms with Crippen LogP contribution in [0.5, 0.6) is 0 Å². The largest absolute Gasteiger partial charge is 0.414 e. The van der Waals surface area contributed by atoms with Crippen molar-refractivity contribution < 1.29 is 23.4 Å². The van der Waals surface area contributed by atoms with Gasteiger partial charge < -0.3 is 10.2 Å². The summed E-state index contributed by atoms with van der Waals surface area (Å²) in [7, 11) is 0. The highest BCUT2D eigenvalue weighted by Crippen LogP contribution is 2.69. The maximum Gasteiger partial charge on any atom is 0.414 e. The second kappa shape index (κ2) is 8.98. The number of hydrogen-bond acceptors (Lipinski definition) is 2. The van der Waals surface area contributed by atoms with Crippen LogP contribution in [0.25, 0.3) is 0 Å². The third-order valence-electron chi connectivity index (χ3n) is 11.8. The predicted molar refractivity (Wildman–Crippen MR) is 126 cm³/mol. The minimum absolute atomic E-state index is 0.171. The molecule has 0 radical (unpaired) electrons. The van der Waals surface area contributed by atoms with Crippen molar-refractivity contribution >= 4 is 0 Å². The van der Waals surface area contributed by atoms with Gasteiger partial charge in [-0.1, -0.05) is 40.5 Å². The summed E-state index contributed by atoms with van der Waals surface area (Å²) >= 11 is 0. The lowest BCUT2D eigenvalue weighted by atomic mass is 9.43. The quantitative estimate of drug-likeness (QED) is 0.420. The molecule has 2 N–H and O–H groups in total. The maximum atomic E-state index is 12.7. The predicted octanol–water partition coefficient (Wildman–Crippen LogP) is 7.52. The summed E-state index contributed by atoms with van der Waals surface area (Å²) in [5.41, 5.74) is 0.224. The second-order valence-corrected chi connectivity index (χ2v) is 13.1. The Morgan fingerprint density at radius 1 is 0.909 bits per heavy atom. The molecule has 0 aliphatic heterocycles. The average Bonchev–Trinajstić information content (AvgIpc) is 3.11. The molecule has 5 heteroatoms. The molecule has 4 aliphatic carbocycles. The highest BCUT2D eigenvalue weighted by molar-refractivity contribution is 5.10. The summed E-state index contributed by atoms with van der Waals surface area (Å²) in [6.07, 6.45) is 5.92. The summed E-state index contributed by atoms with van der Waals surface area (Å²) in [6, 6.07) is 0. The third kappa shape index (κ3) is 4.52. The van der Waals surface area contributed by atoms with Crippen molar-refractivity contribution in [3.8, 4) is 0 Å². The van der Waals surface area contributed by atoms with Crippen LogP contribution in [-0.2, 0) is 0 Å². The minimum Gasteiger partial charge on any atom is -0.390 e. The number of halogens is 3. The molecular formula is C28H47F3O2. The van der Waals surface area contributed by atoms with Crippen molar-refractivity contribution in [1.29, 1.82) is 0 Å². The zero-order valence-electron chi connectivity index (χ0n) is 21.3. The van der Waals surface area contributed by atoms with E-state index in [2.05, 4.69) is 27.7 Å². The topological polar surface area (TPSA) is 40.5 Å². The van der Waals surface area contributed by atoms with E-state index in [1.54, 1.807) is 0 Å². The van der Waals surface area contributed by atoms with Crippen molar-refractivity contribution in [2.75, 3.05) is 0 Å². The number of aliphatic hydroxyl groups excluding tert-OH is 1. The third-order valence-corrected chi connectivity index (χ3v) is 11.8. The fourth-order valence-corrected chi connectivity index (χ4v) is 9.62. The minimum atomic E-state index is -4.49. The first-order valence-corrected chi connectivity index (χ1v) is 13.8. The van der Waals surface area contributed by atoms with Crippen molar-refractivity contribution in [2.24, 2.45) is 46.3 Å². The van der Waals surface area contributed by atoms with E-state index in [9.17, 15) is 23.4 Å². The molecule has 0 amide bonds. The molecule has 10 atom stereocenters.